The summed E-state index contributed by atoms with van der Waals surface area (Å²) in [6, 6.07) is 4.70. The fraction of sp³-hybridized carbons (Fsp3) is 0.381. The summed E-state index contributed by atoms with van der Waals surface area (Å²) in [5.74, 6) is 0.822. The molecular formula is C21H23FN4OS. The number of hydrogen-bond acceptors (Lipinski definition) is 5. The molecule has 7 heteroatoms. The molecule has 4 rings (SSSR count). The maximum atomic E-state index is 13.9. The molecule has 1 saturated heterocycles. The Morgan fingerprint density at radius 2 is 2.14 bits per heavy atom. The minimum atomic E-state index is -0.337. The molecule has 0 aliphatic carbocycles. The molecule has 3 aromatic rings. The van der Waals surface area contributed by atoms with Crippen molar-refractivity contribution in [2.24, 2.45) is 5.92 Å². The number of aryl methyl sites for hydroxylation is 1. The number of benzene rings is 1. The number of nitrogens with one attached hydrogen (secondary N) is 1. The summed E-state index contributed by atoms with van der Waals surface area (Å²) in [5, 5.41) is 3.68. The standard InChI is InChI=1S/C21H23FN4OS/c1-12-6-5-9-26(10-12)19-18-17(14(3)28-21(18)24-11-23-19)20(27)25-16-8-4-7-15(22)13(16)2/h4,7-8,11-12H,5-6,9-10H2,1-3H3,(H,25,27)/t12-/m1/s1. The fourth-order valence-electron chi connectivity index (χ4n) is 3.85. The minimum absolute atomic E-state index is 0.251. The highest BCUT2D eigenvalue weighted by Crippen LogP contribution is 2.37. The van der Waals surface area contributed by atoms with Gasteiger partial charge in [-0.3, -0.25) is 4.79 Å². The van der Waals surface area contributed by atoms with Crippen molar-refractivity contribution < 1.29 is 9.18 Å². The van der Waals surface area contributed by atoms with Gasteiger partial charge in [-0.2, -0.15) is 0 Å². The van der Waals surface area contributed by atoms with Crippen LogP contribution in [-0.4, -0.2) is 29.0 Å². The number of fused-ring (bicyclic) bond motifs is 1. The van der Waals surface area contributed by atoms with Gasteiger partial charge in [-0.15, -0.1) is 11.3 Å². The summed E-state index contributed by atoms with van der Waals surface area (Å²) in [6.07, 6.45) is 3.89. The summed E-state index contributed by atoms with van der Waals surface area (Å²) in [4.78, 5) is 26.1. The number of nitrogens with zero attached hydrogens (tertiary/aromatic N) is 3. The third-order valence-corrected chi connectivity index (χ3v) is 6.36. The van der Waals surface area contributed by atoms with E-state index in [9.17, 15) is 9.18 Å². The molecule has 1 amide bonds. The van der Waals surface area contributed by atoms with Crippen LogP contribution < -0.4 is 10.2 Å². The number of anilines is 2. The maximum absolute atomic E-state index is 13.9. The van der Waals surface area contributed by atoms with Gasteiger partial charge in [0, 0.05) is 29.2 Å². The molecular weight excluding hydrogens is 375 g/mol. The van der Waals surface area contributed by atoms with Crippen molar-refractivity contribution in [3.8, 4) is 0 Å². The summed E-state index contributed by atoms with van der Waals surface area (Å²) < 4.78 is 13.9. The topological polar surface area (TPSA) is 58.1 Å². The molecule has 5 nitrogen and oxygen atoms in total. The molecule has 1 aliphatic heterocycles. The van der Waals surface area contributed by atoms with E-state index in [1.54, 1.807) is 25.4 Å². The Morgan fingerprint density at radius 1 is 1.32 bits per heavy atom. The van der Waals surface area contributed by atoms with Crippen LogP contribution in [-0.2, 0) is 0 Å². The fourth-order valence-corrected chi connectivity index (χ4v) is 4.83. The van der Waals surface area contributed by atoms with Gasteiger partial charge in [0.05, 0.1) is 10.9 Å². The lowest BCUT2D eigenvalue weighted by Gasteiger charge is -2.32. The Balaban J connectivity index is 1.77. The lowest BCUT2D eigenvalue weighted by molar-refractivity contribution is 0.102. The Morgan fingerprint density at radius 3 is 2.93 bits per heavy atom. The van der Waals surface area contributed by atoms with E-state index in [-0.39, 0.29) is 11.7 Å². The van der Waals surface area contributed by atoms with E-state index >= 15 is 0 Å². The Bertz CT molecular complexity index is 1050. The number of halogens is 1. The maximum Gasteiger partial charge on any atom is 0.257 e. The zero-order valence-corrected chi connectivity index (χ0v) is 17.1. The van der Waals surface area contributed by atoms with E-state index in [1.165, 1.54) is 23.8 Å². The molecule has 1 fully saturated rings. The molecule has 1 aliphatic rings. The minimum Gasteiger partial charge on any atom is -0.356 e. The van der Waals surface area contributed by atoms with Crippen molar-refractivity contribution in [2.75, 3.05) is 23.3 Å². The number of aromatic nitrogens is 2. The van der Waals surface area contributed by atoms with E-state index in [1.807, 2.05) is 6.92 Å². The van der Waals surface area contributed by atoms with Crippen molar-refractivity contribution in [3.63, 3.8) is 0 Å². The van der Waals surface area contributed by atoms with Crippen LogP contribution >= 0.6 is 11.3 Å². The van der Waals surface area contributed by atoms with E-state index in [0.717, 1.165) is 40.4 Å². The van der Waals surface area contributed by atoms with Crippen LogP contribution in [0.3, 0.4) is 0 Å². The molecule has 28 heavy (non-hydrogen) atoms. The van der Waals surface area contributed by atoms with Gasteiger partial charge in [0.15, 0.2) is 0 Å². The van der Waals surface area contributed by atoms with Crippen LogP contribution in [0.4, 0.5) is 15.9 Å². The first-order chi connectivity index (χ1) is 13.5. The summed E-state index contributed by atoms with van der Waals surface area (Å²) >= 11 is 1.49. The summed E-state index contributed by atoms with van der Waals surface area (Å²) in [6.45, 7) is 7.67. The second-order valence-electron chi connectivity index (χ2n) is 7.47. The molecule has 0 spiro atoms. The van der Waals surface area contributed by atoms with Crippen molar-refractivity contribution in [1.82, 2.24) is 9.97 Å². The van der Waals surface area contributed by atoms with Gasteiger partial charge >= 0.3 is 0 Å². The lowest BCUT2D eigenvalue weighted by atomic mass is 10.00. The third kappa shape index (κ3) is 3.35. The second-order valence-corrected chi connectivity index (χ2v) is 8.67. The monoisotopic (exact) mass is 398 g/mol. The molecule has 1 N–H and O–H groups in total. The predicted octanol–water partition coefficient (Wildman–Crippen LogP) is 4.94. The van der Waals surface area contributed by atoms with Gasteiger partial charge in [0.1, 0.15) is 22.8 Å². The highest BCUT2D eigenvalue weighted by atomic mass is 32.1. The molecule has 0 unspecified atom stereocenters. The van der Waals surface area contributed by atoms with Crippen LogP contribution in [0, 0.1) is 25.6 Å². The lowest BCUT2D eigenvalue weighted by Crippen LogP contribution is -2.35. The quantitative estimate of drug-likeness (QED) is 0.679. The first kappa shape index (κ1) is 18.8. The van der Waals surface area contributed by atoms with Crippen LogP contribution in [0.25, 0.3) is 10.2 Å². The van der Waals surface area contributed by atoms with Crippen LogP contribution in [0.1, 0.15) is 40.6 Å². The van der Waals surface area contributed by atoms with Crippen LogP contribution in [0.5, 0.6) is 0 Å². The number of hydrogen-bond donors (Lipinski definition) is 1. The van der Waals surface area contributed by atoms with Gasteiger partial charge in [-0.25, -0.2) is 14.4 Å². The Labute approximate surface area is 167 Å². The smallest absolute Gasteiger partial charge is 0.257 e. The zero-order valence-electron chi connectivity index (χ0n) is 16.3. The zero-order chi connectivity index (χ0) is 19.8. The van der Waals surface area contributed by atoms with Crippen LogP contribution in [0.2, 0.25) is 0 Å². The number of piperidine rings is 1. The Kier molecular flexibility index (Phi) is 5.02. The number of carbonyl (C=O) groups is 1. The summed E-state index contributed by atoms with van der Waals surface area (Å²) in [7, 11) is 0. The Hall–Kier alpha value is -2.54. The number of thiophene rings is 1. The van der Waals surface area contributed by atoms with Crippen molar-refractivity contribution in [1.29, 1.82) is 0 Å². The molecule has 2 aromatic heterocycles. The van der Waals surface area contributed by atoms with E-state index < -0.39 is 0 Å². The van der Waals surface area contributed by atoms with Crippen molar-refractivity contribution in [2.45, 2.75) is 33.6 Å². The first-order valence-corrected chi connectivity index (χ1v) is 10.3. The van der Waals surface area contributed by atoms with Gasteiger partial charge in [-0.05, 0) is 44.7 Å². The molecule has 1 atom stereocenters. The predicted molar refractivity (Wildman–Crippen MR) is 112 cm³/mol. The first-order valence-electron chi connectivity index (χ1n) is 9.51. The van der Waals surface area contributed by atoms with E-state index in [0.29, 0.717) is 22.7 Å². The van der Waals surface area contributed by atoms with Crippen LogP contribution in [0.15, 0.2) is 24.5 Å². The van der Waals surface area contributed by atoms with E-state index in [2.05, 4.69) is 27.1 Å². The highest BCUT2D eigenvalue weighted by molar-refractivity contribution is 7.19. The number of amides is 1. The molecule has 3 heterocycles. The van der Waals surface area contributed by atoms with Gasteiger partial charge in [0.25, 0.3) is 5.91 Å². The molecule has 0 saturated carbocycles. The SMILES string of the molecule is Cc1sc2ncnc(N3CCC[C@@H](C)C3)c2c1C(=O)Nc1cccc(F)c1C. The van der Waals surface area contributed by atoms with E-state index in [4.69, 9.17) is 0 Å². The third-order valence-electron chi connectivity index (χ3n) is 5.34. The summed E-state index contributed by atoms with van der Waals surface area (Å²) in [5.41, 5.74) is 1.49. The number of carbonyl (C=O) groups excluding carboxylic acids is 1. The molecule has 0 bridgehead atoms. The van der Waals surface area contributed by atoms with Crippen molar-refractivity contribution in [3.05, 3.63) is 46.3 Å². The molecule has 146 valence electrons. The van der Waals surface area contributed by atoms with Gasteiger partial charge < -0.3 is 10.2 Å². The average molecular weight is 399 g/mol. The van der Waals surface area contributed by atoms with Gasteiger partial charge in [0.2, 0.25) is 0 Å². The van der Waals surface area contributed by atoms with Crippen molar-refractivity contribution >= 4 is 39.0 Å². The van der Waals surface area contributed by atoms with Gasteiger partial charge in [-0.1, -0.05) is 13.0 Å². The largest absolute Gasteiger partial charge is 0.356 e. The normalized spacial score (nSPS) is 17.1. The average Bonchev–Trinajstić information content (AvgIpc) is 3.01. The number of rotatable bonds is 3. The highest BCUT2D eigenvalue weighted by Gasteiger charge is 2.26. The second kappa shape index (κ2) is 7.47. The molecule has 1 aromatic carbocycles. The molecule has 0 radical (unpaired) electrons.